The molecule has 1 heterocycles. The number of hydrogen-bond donors (Lipinski definition) is 2. The number of ether oxygens (including phenoxy) is 1. The molecule has 1 saturated heterocycles. The van der Waals surface area contributed by atoms with Crippen LogP contribution in [0.25, 0.3) is 0 Å². The normalized spacial score (nSPS) is 21.1. The van der Waals surface area contributed by atoms with Crippen LogP contribution in [0.5, 0.6) is 5.75 Å². The molecule has 6 heteroatoms. The first-order valence-corrected chi connectivity index (χ1v) is 8.24. The van der Waals surface area contributed by atoms with Gasteiger partial charge in [0.1, 0.15) is 5.75 Å². The summed E-state index contributed by atoms with van der Waals surface area (Å²) in [5.74, 6) is 1.03. The van der Waals surface area contributed by atoms with Crippen LogP contribution in [0.3, 0.4) is 0 Å². The van der Waals surface area contributed by atoms with Crippen LogP contribution in [0.1, 0.15) is 37.6 Å². The van der Waals surface area contributed by atoms with E-state index in [0.29, 0.717) is 17.2 Å². The SMILES string of the molecule is CC(C)Oc1cc(Br)ccc1C(=O)NC1CNCCC1C.Cl. The number of benzene rings is 1. The predicted molar refractivity (Wildman–Crippen MR) is 95.1 cm³/mol. The second kappa shape index (κ2) is 8.75. The molecule has 2 rings (SSSR count). The number of rotatable bonds is 4. The summed E-state index contributed by atoms with van der Waals surface area (Å²) in [6, 6.07) is 5.68. The van der Waals surface area contributed by atoms with E-state index < -0.39 is 0 Å². The molecular formula is C16H24BrClN2O2. The molecule has 0 bridgehead atoms. The molecule has 2 N–H and O–H groups in total. The Hall–Kier alpha value is -0.780. The predicted octanol–water partition coefficient (Wildman–Crippen LogP) is 3.39. The van der Waals surface area contributed by atoms with Crippen molar-refractivity contribution in [3.63, 3.8) is 0 Å². The minimum atomic E-state index is -0.0706. The fourth-order valence-corrected chi connectivity index (χ4v) is 2.80. The standard InChI is InChI=1S/C16H23BrN2O2.ClH/c1-10(2)21-15-8-12(17)4-5-13(15)16(20)19-14-9-18-7-6-11(14)3;/h4-5,8,10-11,14,18H,6-7,9H2,1-3H3,(H,19,20);1H. The first-order valence-electron chi connectivity index (χ1n) is 7.45. The van der Waals surface area contributed by atoms with E-state index >= 15 is 0 Å². The zero-order valence-corrected chi connectivity index (χ0v) is 15.6. The lowest BCUT2D eigenvalue weighted by Gasteiger charge is -2.30. The summed E-state index contributed by atoms with van der Waals surface area (Å²) in [7, 11) is 0. The highest BCUT2D eigenvalue weighted by atomic mass is 79.9. The molecule has 4 nitrogen and oxygen atoms in total. The average Bonchev–Trinajstić information content (AvgIpc) is 2.40. The van der Waals surface area contributed by atoms with Gasteiger partial charge in [0.2, 0.25) is 0 Å². The van der Waals surface area contributed by atoms with Crippen molar-refractivity contribution < 1.29 is 9.53 Å². The summed E-state index contributed by atoms with van der Waals surface area (Å²) < 4.78 is 6.66. The maximum atomic E-state index is 12.5. The zero-order valence-electron chi connectivity index (χ0n) is 13.2. The first kappa shape index (κ1) is 19.3. The Morgan fingerprint density at radius 1 is 1.45 bits per heavy atom. The van der Waals surface area contributed by atoms with Crippen molar-refractivity contribution in [2.24, 2.45) is 5.92 Å². The largest absolute Gasteiger partial charge is 0.490 e. The molecule has 2 atom stereocenters. The van der Waals surface area contributed by atoms with E-state index in [0.717, 1.165) is 24.0 Å². The highest BCUT2D eigenvalue weighted by Crippen LogP contribution is 2.25. The van der Waals surface area contributed by atoms with Gasteiger partial charge in [-0.1, -0.05) is 22.9 Å². The zero-order chi connectivity index (χ0) is 15.4. The number of carbonyl (C=O) groups excluding carboxylic acids is 1. The molecule has 1 aromatic rings. The Bertz CT molecular complexity index is 511. The molecular weight excluding hydrogens is 368 g/mol. The lowest BCUT2D eigenvalue weighted by molar-refractivity contribution is 0.0909. The van der Waals surface area contributed by atoms with Crippen molar-refractivity contribution in [1.82, 2.24) is 10.6 Å². The molecule has 1 aliphatic heterocycles. The van der Waals surface area contributed by atoms with Crippen LogP contribution < -0.4 is 15.4 Å². The number of carbonyl (C=O) groups is 1. The van der Waals surface area contributed by atoms with Gasteiger partial charge in [-0.3, -0.25) is 4.79 Å². The first-order chi connectivity index (χ1) is 9.97. The lowest BCUT2D eigenvalue weighted by Crippen LogP contribution is -2.50. The lowest BCUT2D eigenvalue weighted by atomic mass is 9.94. The molecule has 1 fully saturated rings. The van der Waals surface area contributed by atoms with Crippen molar-refractivity contribution in [3.8, 4) is 5.75 Å². The fourth-order valence-electron chi connectivity index (χ4n) is 2.46. The second-order valence-electron chi connectivity index (χ2n) is 5.86. The third-order valence-electron chi connectivity index (χ3n) is 3.70. The van der Waals surface area contributed by atoms with Crippen molar-refractivity contribution in [2.45, 2.75) is 39.3 Å². The van der Waals surface area contributed by atoms with Gasteiger partial charge in [0.25, 0.3) is 5.91 Å². The smallest absolute Gasteiger partial charge is 0.255 e. The van der Waals surface area contributed by atoms with Gasteiger partial charge in [-0.15, -0.1) is 12.4 Å². The van der Waals surface area contributed by atoms with E-state index in [1.807, 2.05) is 26.0 Å². The fraction of sp³-hybridized carbons (Fsp3) is 0.562. The van der Waals surface area contributed by atoms with Crippen LogP contribution in [0.2, 0.25) is 0 Å². The van der Waals surface area contributed by atoms with Crippen molar-refractivity contribution in [3.05, 3.63) is 28.2 Å². The summed E-state index contributed by atoms with van der Waals surface area (Å²) >= 11 is 3.42. The Balaban J connectivity index is 0.00000242. The Morgan fingerprint density at radius 2 is 2.18 bits per heavy atom. The average molecular weight is 392 g/mol. The van der Waals surface area contributed by atoms with Crippen LogP contribution >= 0.6 is 28.3 Å². The van der Waals surface area contributed by atoms with E-state index in [2.05, 4.69) is 33.5 Å². The molecule has 2 unspecified atom stereocenters. The monoisotopic (exact) mass is 390 g/mol. The quantitative estimate of drug-likeness (QED) is 0.827. The third-order valence-corrected chi connectivity index (χ3v) is 4.19. The third kappa shape index (κ3) is 5.14. The topological polar surface area (TPSA) is 50.4 Å². The maximum absolute atomic E-state index is 12.5. The molecule has 0 saturated carbocycles. The van der Waals surface area contributed by atoms with Gasteiger partial charge in [-0.2, -0.15) is 0 Å². The molecule has 0 aliphatic carbocycles. The van der Waals surface area contributed by atoms with Crippen LogP contribution in [0, 0.1) is 5.92 Å². The van der Waals surface area contributed by atoms with Crippen molar-refractivity contribution in [2.75, 3.05) is 13.1 Å². The number of nitrogens with one attached hydrogen (secondary N) is 2. The van der Waals surface area contributed by atoms with E-state index in [9.17, 15) is 4.79 Å². The molecule has 0 aromatic heterocycles. The van der Waals surface area contributed by atoms with Gasteiger partial charge in [0, 0.05) is 17.1 Å². The second-order valence-corrected chi connectivity index (χ2v) is 6.77. The molecule has 22 heavy (non-hydrogen) atoms. The van der Waals surface area contributed by atoms with Gasteiger partial charge >= 0.3 is 0 Å². The highest BCUT2D eigenvalue weighted by molar-refractivity contribution is 9.10. The molecule has 1 aromatic carbocycles. The molecule has 1 aliphatic rings. The molecule has 0 radical (unpaired) electrons. The van der Waals surface area contributed by atoms with E-state index in [4.69, 9.17) is 4.74 Å². The van der Waals surface area contributed by atoms with Crippen LogP contribution in [0.4, 0.5) is 0 Å². The van der Waals surface area contributed by atoms with Crippen LogP contribution in [-0.2, 0) is 0 Å². The Morgan fingerprint density at radius 3 is 2.82 bits per heavy atom. The minimum Gasteiger partial charge on any atom is -0.490 e. The summed E-state index contributed by atoms with van der Waals surface area (Å²) in [4.78, 5) is 12.5. The summed E-state index contributed by atoms with van der Waals surface area (Å²) in [6.07, 6.45) is 1.11. The number of piperidine rings is 1. The van der Waals surface area contributed by atoms with Gasteiger partial charge in [-0.25, -0.2) is 0 Å². The minimum absolute atomic E-state index is 0. The summed E-state index contributed by atoms with van der Waals surface area (Å²) in [6.45, 7) is 7.93. The number of amides is 1. The van der Waals surface area contributed by atoms with Crippen LogP contribution in [-0.4, -0.2) is 31.1 Å². The Labute approximate surface area is 146 Å². The van der Waals surface area contributed by atoms with Gasteiger partial charge in [0.15, 0.2) is 0 Å². The van der Waals surface area contributed by atoms with Gasteiger partial charge in [0.05, 0.1) is 11.7 Å². The summed E-state index contributed by atoms with van der Waals surface area (Å²) in [5.41, 5.74) is 0.588. The highest BCUT2D eigenvalue weighted by Gasteiger charge is 2.24. The molecule has 1 amide bonds. The van der Waals surface area contributed by atoms with E-state index in [1.165, 1.54) is 0 Å². The number of hydrogen-bond acceptors (Lipinski definition) is 3. The van der Waals surface area contributed by atoms with Gasteiger partial charge < -0.3 is 15.4 Å². The molecule has 124 valence electrons. The van der Waals surface area contributed by atoms with Crippen molar-refractivity contribution in [1.29, 1.82) is 0 Å². The maximum Gasteiger partial charge on any atom is 0.255 e. The Kier molecular flexibility index (Phi) is 7.66. The molecule has 0 spiro atoms. The van der Waals surface area contributed by atoms with Crippen molar-refractivity contribution >= 4 is 34.2 Å². The van der Waals surface area contributed by atoms with E-state index in [-0.39, 0.29) is 30.5 Å². The van der Waals surface area contributed by atoms with E-state index in [1.54, 1.807) is 6.07 Å². The van der Waals surface area contributed by atoms with Gasteiger partial charge in [-0.05, 0) is 50.9 Å². The summed E-state index contributed by atoms with van der Waals surface area (Å²) in [5, 5.41) is 6.45. The van der Waals surface area contributed by atoms with Crippen LogP contribution in [0.15, 0.2) is 22.7 Å². The number of halogens is 2.